The summed E-state index contributed by atoms with van der Waals surface area (Å²) in [5.74, 6) is -0.128. The number of hydrogen-bond acceptors (Lipinski definition) is 5. The zero-order chi connectivity index (χ0) is 16.9. The van der Waals surface area contributed by atoms with Crippen molar-refractivity contribution in [3.8, 4) is 17.0 Å². The number of phenols is 1. The van der Waals surface area contributed by atoms with Crippen LogP contribution in [0.1, 0.15) is 0 Å². The summed E-state index contributed by atoms with van der Waals surface area (Å²) in [6.07, 6.45) is 2.67. The van der Waals surface area contributed by atoms with E-state index in [0.29, 0.717) is 16.6 Å². The van der Waals surface area contributed by atoms with Gasteiger partial charge in [0.15, 0.2) is 0 Å². The van der Waals surface area contributed by atoms with Crippen LogP contribution in [0.4, 0.5) is 0 Å². The van der Waals surface area contributed by atoms with E-state index in [0.717, 1.165) is 5.39 Å². The lowest BCUT2D eigenvalue weighted by Gasteiger charge is -2.06. The molecule has 118 valence electrons. The van der Waals surface area contributed by atoms with E-state index >= 15 is 0 Å². The first-order chi connectivity index (χ1) is 11.7. The summed E-state index contributed by atoms with van der Waals surface area (Å²) in [6, 6.07) is 14.1. The lowest BCUT2D eigenvalue weighted by molar-refractivity contribution is -0.113. The number of amides is 1. The summed E-state index contributed by atoms with van der Waals surface area (Å²) in [6.45, 7) is 0. The van der Waals surface area contributed by atoms with Crippen LogP contribution in [0.25, 0.3) is 22.0 Å². The number of H-pyrrole nitrogens is 1. The monoisotopic (exact) mass is 320 g/mol. The minimum atomic E-state index is -0.269. The molecule has 1 aliphatic rings. The summed E-state index contributed by atoms with van der Waals surface area (Å²) in [4.78, 5) is 21.6. The van der Waals surface area contributed by atoms with Crippen molar-refractivity contribution in [1.82, 2.24) is 10.2 Å². The molecule has 1 amide bonds. The van der Waals surface area contributed by atoms with Gasteiger partial charge in [0.1, 0.15) is 11.4 Å². The molecule has 24 heavy (non-hydrogen) atoms. The number of carbonyl (C=O) groups is 1. The molecule has 0 fully saturated rings. The summed E-state index contributed by atoms with van der Waals surface area (Å²) < 4.78 is 0. The second kappa shape index (κ2) is 6.66. The number of aromatic amines is 1. The average molecular weight is 320 g/mol. The van der Waals surface area contributed by atoms with Gasteiger partial charge in [0.25, 0.3) is 11.5 Å². The predicted octanol–water partition coefficient (Wildman–Crippen LogP) is 2.79. The quantitative estimate of drug-likeness (QED) is 0.718. The predicted molar refractivity (Wildman–Crippen MR) is 88.5 cm³/mol. The van der Waals surface area contributed by atoms with Crippen LogP contribution in [0.2, 0.25) is 0 Å². The Balaban J connectivity index is 0.000000238. The van der Waals surface area contributed by atoms with Gasteiger partial charge < -0.3 is 5.11 Å². The minimum Gasteiger partial charge on any atom is -0.507 e. The highest BCUT2D eigenvalue weighted by Gasteiger charge is 2.10. The van der Waals surface area contributed by atoms with Gasteiger partial charge in [0.05, 0.1) is 11.6 Å². The maximum absolute atomic E-state index is 11.7. The number of aromatic nitrogens is 2. The third kappa shape index (κ3) is 3.09. The molecule has 0 atom stereocenters. The first-order valence-electron chi connectivity index (χ1n) is 7.04. The van der Waals surface area contributed by atoms with E-state index in [9.17, 15) is 14.7 Å². The number of phenolic OH excluding ortho intramolecular Hbond substituents is 1. The van der Waals surface area contributed by atoms with Crippen LogP contribution in [0, 0.1) is 0 Å². The van der Waals surface area contributed by atoms with E-state index < -0.39 is 0 Å². The van der Waals surface area contributed by atoms with Crippen LogP contribution < -0.4 is 5.56 Å². The van der Waals surface area contributed by atoms with Crippen molar-refractivity contribution in [2.45, 2.75) is 0 Å². The Kier molecular flexibility index (Phi) is 4.24. The molecule has 2 aromatic carbocycles. The molecule has 2 heterocycles. The largest absolute Gasteiger partial charge is 0.507 e. The first-order valence-corrected chi connectivity index (χ1v) is 7.04. The van der Waals surface area contributed by atoms with Crippen molar-refractivity contribution in [2.75, 3.05) is 0 Å². The number of hydrogen-bond donors (Lipinski definition) is 2. The molecule has 0 unspecified atom stereocenters. The molecule has 3 aromatic rings. The SMILES string of the molecule is O=C1C=CN=N1.O=c1[nH]nc(-c2ccccc2O)c2ccccc12. The number of nitrogens with one attached hydrogen (secondary N) is 1. The Hall–Kier alpha value is -3.61. The molecule has 7 heteroatoms. The van der Waals surface area contributed by atoms with Gasteiger partial charge in [-0.2, -0.15) is 10.2 Å². The molecule has 0 saturated heterocycles. The number of fused-ring (bicyclic) bond motifs is 1. The molecule has 0 radical (unpaired) electrons. The minimum absolute atomic E-state index is 0.141. The zero-order valence-electron chi connectivity index (χ0n) is 12.4. The molecule has 0 bridgehead atoms. The number of nitrogens with zero attached hydrogens (tertiary/aromatic N) is 3. The van der Waals surface area contributed by atoms with Crippen molar-refractivity contribution in [1.29, 1.82) is 0 Å². The molecule has 1 aliphatic heterocycles. The highest BCUT2D eigenvalue weighted by molar-refractivity contribution is 5.94. The van der Waals surface area contributed by atoms with Crippen LogP contribution in [-0.4, -0.2) is 21.2 Å². The number of benzene rings is 2. The number of carbonyl (C=O) groups excluding carboxylic acids is 1. The first kappa shape index (κ1) is 15.3. The molecular weight excluding hydrogens is 308 g/mol. The van der Waals surface area contributed by atoms with E-state index in [1.54, 1.807) is 30.3 Å². The van der Waals surface area contributed by atoms with E-state index in [1.165, 1.54) is 12.3 Å². The Labute approximate surface area is 136 Å². The highest BCUT2D eigenvalue weighted by atomic mass is 16.3. The van der Waals surface area contributed by atoms with Gasteiger partial charge in [0, 0.05) is 17.0 Å². The Morgan fingerprint density at radius 2 is 1.62 bits per heavy atom. The van der Waals surface area contributed by atoms with Crippen LogP contribution in [0.15, 0.2) is 75.8 Å². The number of aromatic hydroxyl groups is 1. The molecule has 0 spiro atoms. The number of rotatable bonds is 1. The smallest absolute Gasteiger partial charge is 0.289 e. The Bertz CT molecular complexity index is 1010. The Morgan fingerprint density at radius 1 is 0.917 bits per heavy atom. The third-order valence-corrected chi connectivity index (χ3v) is 3.30. The van der Waals surface area contributed by atoms with Crippen LogP contribution in [0.3, 0.4) is 0 Å². The van der Waals surface area contributed by atoms with Crippen LogP contribution in [0.5, 0.6) is 5.75 Å². The normalized spacial score (nSPS) is 12.2. The molecule has 7 nitrogen and oxygen atoms in total. The van der Waals surface area contributed by atoms with E-state index in [4.69, 9.17) is 0 Å². The van der Waals surface area contributed by atoms with Crippen molar-refractivity contribution in [3.05, 3.63) is 71.2 Å². The van der Waals surface area contributed by atoms with Gasteiger partial charge >= 0.3 is 0 Å². The second-order valence-corrected chi connectivity index (χ2v) is 4.83. The van der Waals surface area contributed by atoms with Crippen LogP contribution in [-0.2, 0) is 4.79 Å². The van der Waals surface area contributed by atoms with Crippen molar-refractivity contribution in [2.24, 2.45) is 10.2 Å². The highest BCUT2D eigenvalue weighted by Crippen LogP contribution is 2.30. The molecular formula is C17H12N4O3. The van der Waals surface area contributed by atoms with Gasteiger partial charge in [-0.3, -0.25) is 9.59 Å². The second-order valence-electron chi connectivity index (χ2n) is 4.83. The summed E-state index contributed by atoms with van der Waals surface area (Å²) in [5, 5.41) is 24.0. The van der Waals surface area contributed by atoms with E-state index in [1.807, 2.05) is 18.2 Å². The van der Waals surface area contributed by atoms with E-state index in [2.05, 4.69) is 20.4 Å². The molecule has 0 saturated carbocycles. The van der Waals surface area contributed by atoms with Gasteiger partial charge in [-0.05, 0) is 18.2 Å². The fourth-order valence-electron chi connectivity index (χ4n) is 2.21. The molecule has 1 aromatic heterocycles. The Morgan fingerprint density at radius 3 is 2.25 bits per heavy atom. The average Bonchev–Trinajstić information content (AvgIpc) is 3.08. The van der Waals surface area contributed by atoms with Crippen molar-refractivity contribution in [3.63, 3.8) is 0 Å². The van der Waals surface area contributed by atoms with Crippen LogP contribution >= 0.6 is 0 Å². The van der Waals surface area contributed by atoms with Gasteiger partial charge in [-0.25, -0.2) is 5.10 Å². The number of azo groups is 1. The number of para-hydroxylation sites is 1. The fraction of sp³-hybridized carbons (Fsp3) is 0. The fourth-order valence-corrected chi connectivity index (χ4v) is 2.21. The zero-order valence-corrected chi connectivity index (χ0v) is 12.4. The van der Waals surface area contributed by atoms with Crippen molar-refractivity contribution < 1.29 is 9.90 Å². The maximum atomic E-state index is 11.7. The standard InChI is InChI=1S/C14H10N2O2.C3H2N2O/c17-12-8-4-3-7-11(12)13-9-5-1-2-6-10(9)14(18)16-15-13;6-3-1-2-4-5-3/h1-8,17H,(H,16,18);1-2H. The molecule has 0 aliphatic carbocycles. The van der Waals surface area contributed by atoms with Gasteiger partial charge in [-0.1, -0.05) is 30.3 Å². The maximum Gasteiger partial charge on any atom is 0.289 e. The summed E-state index contributed by atoms with van der Waals surface area (Å²) in [7, 11) is 0. The summed E-state index contributed by atoms with van der Waals surface area (Å²) >= 11 is 0. The van der Waals surface area contributed by atoms with Crippen molar-refractivity contribution >= 4 is 16.7 Å². The van der Waals surface area contributed by atoms with Gasteiger partial charge in [-0.15, -0.1) is 5.11 Å². The molecule has 4 rings (SSSR count). The summed E-state index contributed by atoms with van der Waals surface area (Å²) in [5.41, 5.74) is 0.943. The third-order valence-electron chi connectivity index (χ3n) is 3.30. The topological polar surface area (TPSA) is 108 Å². The van der Waals surface area contributed by atoms with E-state index in [-0.39, 0.29) is 17.2 Å². The lowest BCUT2D eigenvalue weighted by atomic mass is 10.0. The lowest BCUT2D eigenvalue weighted by Crippen LogP contribution is -2.09. The molecule has 2 N–H and O–H groups in total. The van der Waals surface area contributed by atoms with Gasteiger partial charge in [0.2, 0.25) is 0 Å².